The zero-order valence-electron chi connectivity index (χ0n) is 22.8. The molecule has 202 valence electrons. The smallest absolute Gasteiger partial charge is 0.326 e. The second kappa shape index (κ2) is 12.4. The van der Waals surface area contributed by atoms with E-state index in [4.69, 9.17) is 0 Å². The van der Waals surface area contributed by atoms with Gasteiger partial charge < -0.3 is 10.0 Å². The number of amides is 1. The summed E-state index contributed by atoms with van der Waals surface area (Å²) in [7, 11) is 0. The largest absolute Gasteiger partial charge is 0.480 e. The predicted octanol–water partition coefficient (Wildman–Crippen LogP) is 5.53. The number of H-pyrrole nitrogens is 1. The lowest BCUT2D eigenvalue weighted by atomic mass is 9.94. The first-order valence-corrected chi connectivity index (χ1v) is 13.2. The highest BCUT2D eigenvalue weighted by Gasteiger charge is 2.32. The molecular formula is C30H34N6O3. The van der Waals surface area contributed by atoms with Gasteiger partial charge in [-0.1, -0.05) is 63.6 Å². The van der Waals surface area contributed by atoms with Crippen molar-refractivity contribution in [1.82, 2.24) is 30.5 Å². The van der Waals surface area contributed by atoms with Crippen LogP contribution in [0.3, 0.4) is 0 Å². The summed E-state index contributed by atoms with van der Waals surface area (Å²) in [5.74, 6) is -0.868. The molecular weight excluding hydrogens is 492 g/mol. The van der Waals surface area contributed by atoms with E-state index in [1.165, 1.54) is 4.90 Å². The molecule has 0 fully saturated rings. The Labute approximate surface area is 228 Å². The van der Waals surface area contributed by atoms with Crippen LogP contribution >= 0.6 is 0 Å². The van der Waals surface area contributed by atoms with Crippen molar-refractivity contribution in [2.75, 3.05) is 0 Å². The van der Waals surface area contributed by atoms with Crippen molar-refractivity contribution in [1.29, 1.82) is 0 Å². The van der Waals surface area contributed by atoms with Gasteiger partial charge in [0.05, 0.1) is 5.69 Å². The van der Waals surface area contributed by atoms with Gasteiger partial charge in [-0.05, 0) is 65.4 Å². The number of hydrogen-bond donors (Lipinski definition) is 2. The van der Waals surface area contributed by atoms with E-state index in [1.807, 2.05) is 82.3 Å². The van der Waals surface area contributed by atoms with E-state index in [0.717, 1.165) is 52.0 Å². The number of carbonyl (C=O) groups is 2. The van der Waals surface area contributed by atoms with Crippen LogP contribution in [0.5, 0.6) is 0 Å². The number of hydrogen-bond acceptors (Lipinski definition) is 6. The van der Waals surface area contributed by atoms with Crippen molar-refractivity contribution < 1.29 is 14.7 Å². The molecule has 4 aromatic rings. The van der Waals surface area contributed by atoms with Gasteiger partial charge in [0.2, 0.25) is 11.7 Å². The zero-order valence-corrected chi connectivity index (χ0v) is 22.8. The Bertz CT molecular complexity index is 1420. The summed E-state index contributed by atoms with van der Waals surface area (Å²) >= 11 is 0. The molecule has 0 aliphatic carbocycles. The zero-order chi connectivity index (χ0) is 27.9. The van der Waals surface area contributed by atoms with Crippen LogP contribution in [0.4, 0.5) is 0 Å². The Hall–Kier alpha value is -4.40. The molecule has 0 unspecified atom stereocenters. The third kappa shape index (κ3) is 6.54. The second-order valence-electron chi connectivity index (χ2n) is 10.0. The summed E-state index contributed by atoms with van der Waals surface area (Å²) in [6, 6.07) is 18.9. The maximum absolute atomic E-state index is 13.1. The average Bonchev–Trinajstić information content (AvgIpc) is 3.46. The van der Waals surface area contributed by atoms with E-state index in [1.54, 1.807) is 0 Å². The molecule has 2 aromatic carbocycles. The van der Waals surface area contributed by atoms with E-state index in [9.17, 15) is 14.7 Å². The van der Waals surface area contributed by atoms with E-state index in [0.29, 0.717) is 12.2 Å². The Balaban J connectivity index is 1.69. The molecule has 2 N–H and O–H groups in total. The number of rotatable bonds is 11. The number of benzene rings is 2. The van der Waals surface area contributed by atoms with Crippen molar-refractivity contribution in [3.05, 3.63) is 71.9 Å². The van der Waals surface area contributed by atoms with Crippen molar-refractivity contribution >= 4 is 11.9 Å². The van der Waals surface area contributed by atoms with Gasteiger partial charge in [0.15, 0.2) is 0 Å². The fourth-order valence-electron chi connectivity index (χ4n) is 4.70. The van der Waals surface area contributed by atoms with Gasteiger partial charge in [-0.25, -0.2) is 4.79 Å². The number of nitrogens with one attached hydrogen (secondary N) is 1. The number of tetrazole rings is 1. The summed E-state index contributed by atoms with van der Waals surface area (Å²) in [5, 5.41) is 24.5. The number of carboxylic acids is 1. The number of aromatic amines is 1. The number of nitrogens with zero attached hydrogens (tertiary/aromatic N) is 5. The molecule has 0 aliphatic rings. The highest BCUT2D eigenvalue weighted by atomic mass is 16.4. The SMILES string of the molecule is CCCCC(=O)N(Cc1ccc(-c2cc(-c3cccc(C)n3)ccc2-c2nn[nH]n2)cc1)[C@H](C(=O)O)C(C)C. The van der Waals surface area contributed by atoms with Gasteiger partial charge in [-0.2, -0.15) is 5.21 Å². The van der Waals surface area contributed by atoms with Gasteiger partial charge in [-0.15, -0.1) is 10.2 Å². The third-order valence-corrected chi connectivity index (χ3v) is 6.69. The third-order valence-electron chi connectivity index (χ3n) is 6.69. The lowest BCUT2D eigenvalue weighted by Gasteiger charge is -2.32. The molecule has 0 radical (unpaired) electrons. The molecule has 0 spiro atoms. The van der Waals surface area contributed by atoms with Crippen molar-refractivity contribution in [3.63, 3.8) is 0 Å². The van der Waals surface area contributed by atoms with Gasteiger partial charge in [0.25, 0.3) is 0 Å². The summed E-state index contributed by atoms with van der Waals surface area (Å²) < 4.78 is 0. The molecule has 39 heavy (non-hydrogen) atoms. The number of carboxylic acid groups (broad SMARTS) is 1. The fourth-order valence-corrected chi connectivity index (χ4v) is 4.70. The topological polar surface area (TPSA) is 125 Å². The summed E-state index contributed by atoms with van der Waals surface area (Å²) in [4.78, 5) is 31.3. The number of pyridine rings is 1. The minimum atomic E-state index is -0.988. The summed E-state index contributed by atoms with van der Waals surface area (Å²) in [6.45, 7) is 7.86. The van der Waals surface area contributed by atoms with Gasteiger partial charge >= 0.3 is 5.97 Å². The van der Waals surface area contributed by atoms with E-state index in [2.05, 4.69) is 31.7 Å². The average molecular weight is 527 g/mol. The molecule has 0 bridgehead atoms. The standard InChI is InChI=1S/C30H34N6O3/c1-5-6-10-27(37)36(28(19(2)3)30(38)39)18-21-11-13-22(14-12-21)25-17-23(26-9-7-8-20(4)31-26)15-16-24(25)29-32-34-35-33-29/h7-9,11-17,19,28H,5-6,10,18H2,1-4H3,(H,38,39)(H,32,33,34,35)/t28-/m0/s1. The molecule has 0 saturated heterocycles. The van der Waals surface area contributed by atoms with E-state index >= 15 is 0 Å². The van der Waals surface area contributed by atoms with E-state index < -0.39 is 12.0 Å². The minimum absolute atomic E-state index is 0.139. The highest BCUT2D eigenvalue weighted by molar-refractivity contribution is 5.85. The Morgan fingerprint density at radius 1 is 1.00 bits per heavy atom. The minimum Gasteiger partial charge on any atom is -0.480 e. The van der Waals surface area contributed by atoms with Crippen LogP contribution in [0.25, 0.3) is 33.8 Å². The molecule has 1 amide bonds. The first kappa shape index (κ1) is 27.6. The number of aryl methyl sites for hydroxylation is 1. The van der Waals surface area contributed by atoms with Crippen molar-refractivity contribution in [2.45, 2.75) is 59.5 Å². The van der Waals surface area contributed by atoms with Crippen LogP contribution in [0.1, 0.15) is 51.3 Å². The van der Waals surface area contributed by atoms with Crippen LogP contribution in [-0.2, 0) is 16.1 Å². The lowest BCUT2D eigenvalue weighted by Crippen LogP contribution is -2.47. The number of aliphatic carboxylic acids is 1. The van der Waals surface area contributed by atoms with Crippen LogP contribution in [0.15, 0.2) is 60.7 Å². The molecule has 4 rings (SSSR count). The summed E-state index contributed by atoms with van der Waals surface area (Å²) in [5.41, 5.74) is 6.25. The normalized spacial score (nSPS) is 11.9. The lowest BCUT2D eigenvalue weighted by molar-refractivity contribution is -0.153. The van der Waals surface area contributed by atoms with Gasteiger partial charge in [-0.3, -0.25) is 9.78 Å². The van der Waals surface area contributed by atoms with E-state index in [-0.39, 0.29) is 18.4 Å². The Morgan fingerprint density at radius 3 is 2.36 bits per heavy atom. The number of carbonyl (C=O) groups excluding carboxylic acids is 1. The van der Waals surface area contributed by atoms with Crippen LogP contribution in [0.2, 0.25) is 0 Å². The maximum atomic E-state index is 13.1. The number of unbranched alkanes of at least 4 members (excludes halogenated alkanes) is 1. The summed E-state index contributed by atoms with van der Waals surface area (Å²) in [6.07, 6.45) is 1.93. The molecule has 2 aromatic heterocycles. The second-order valence-corrected chi connectivity index (χ2v) is 10.0. The maximum Gasteiger partial charge on any atom is 0.326 e. The van der Waals surface area contributed by atoms with Crippen molar-refractivity contribution in [3.8, 4) is 33.8 Å². The van der Waals surface area contributed by atoms with Crippen molar-refractivity contribution in [2.24, 2.45) is 5.92 Å². The number of aromatic nitrogens is 5. The van der Waals surface area contributed by atoms with Gasteiger partial charge in [0, 0.05) is 29.8 Å². The predicted molar refractivity (Wildman–Crippen MR) is 149 cm³/mol. The molecule has 9 nitrogen and oxygen atoms in total. The van der Waals surface area contributed by atoms with Crippen LogP contribution in [-0.4, -0.2) is 53.5 Å². The monoisotopic (exact) mass is 526 g/mol. The molecule has 0 aliphatic heterocycles. The Kier molecular flexibility index (Phi) is 8.81. The quantitative estimate of drug-likeness (QED) is 0.263. The van der Waals surface area contributed by atoms with Gasteiger partial charge in [0.1, 0.15) is 6.04 Å². The molecule has 2 heterocycles. The Morgan fingerprint density at radius 2 is 1.74 bits per heavy atom. The molecule has 9 heteroatoms. The molecule has 0 saturated carbocycles. The highest BCUT2D eigenvalue weighted by Crippen LogP contribution is 2.34. The first-order valence-electron chi connectivity index (χ1n) is 13.2. The van der Waals surface area contributed by atoms with Crippen LogP contribution in [0, 0.1) is 12.8 Å². The first-order chi connectivity index (χ1) is 18.8. The molecule has 1 atom stereocenters. The van der Waals surface area contributed by atoms with Crippen LogP contribution < -0.4 is 0 Å². The fraction of sp³-hybridized carbons (Fsp3) is 0.333.